The number of unbranched alkanes of at least 4 members (excludes halogenated alkanes) is 2. The number of carbonyl (C=O) groups excluding carboxylic acids is 2. The zero-order valence-corrected chi connectivity index (χ0v) is 9.20. The van der Waals surface area contributed by atoms with Crippen LogP contribution in [-0.2, 0) is 14.3 Å². The van der Waals surface area contributed by atoms with Crippen molar-refractivity contribution in [2.24, 2.45) is 5.92 Å². The summed E-state index contributed by atoms with van der Waals surface area (Å²) in [7, 11) is 0. The van der Waals surface area contributed by atoms with Gasteiger partial charge in [0.2, 0.25) is 0 Å². The van der Waals surface area contributed by atoms with Crippen LogP contribution in [0.2, 0.25) is 0 Å². The average molecular weight is 210 g/mol. The molecule has 0 bridgehead atoms. The van der Waals surface area contributed by atoms with Gasteiger partial charge in [-0.1, -0.05) is 31.9 Å². The van der Waals surface area contributed by atoms with Crippen molar-refractivity contribution in [2.45, 2.75) is 45.4 Å². The van der Waals surface area contributed by atoms with Gasteiger partial charge in [-0.3, -0.25) is 9.59 Å². The summed E-state index contributed by atoms with van der Waals surface area (Å²) in [5.41, 5.74) is 0. The SMILES string of the molecule is CCCC/C=C/CCC1CC(=O)OC1=O. The van der Waals surface area contributed by atoms with Crippen LogP contribution in [-0.4, -0.2) is 11.9 Å². The molecule has 3 nitrogen and oxygen atoms in total. The molecule has 0 aromatic rings. The van der Waals surface area contributed by atoms with Gasteiger partial charge in [-0.2, -0.15) is 0 Å². The first-order chi connectivity index (χ1) is 7.24. The van der Waals surface area contributed by atoms with Crippen LogP contribution in [0.25, 0.3) is 0 Å². The van der Waals surface area contributed by atoms with Gasteiger partial charge in [0, 0.05) is 0 Å². The summed E-state index contributed by atoms with van der Waals surface area (Å²) < 4.78 is 4.47. The van der Waals surface area contributed by atoms with Crippen LogP contribution in [0.4, 0.5) is 0 Å². The number of cyclic esters (lactones) is 2. The smallest absolute Gasteiger partial charge is 0.317 e. The van der Waals surface area contributed by atoms with Crippen LogP contribution < -0.4 is 0 Å². The summed E-state index contributed by atoms with van der Waals surface area (Å²) in [6.45, 7) is 2.16. The van der Waals surface area contributed by atoms with Crippen molar-refractivity contribution in [3.05, 3.63) is 12.2 Å². The highest BCUT2D eigenvalue weighted by atomic mass is 16.6. The molecule has 0 spiro atoms. The molecule has 0 radical (unpaired) electrons. The van der Waals surface area contributed by atoms with Crippen molar-refractivity contribution >= 4 is 11.9 Å². The second-order valence-corrected chi connectivity index (χ2v) is 3.89. The number of esters is 2. The lowest BCUT2D eigenvalue weighted by Gasteiger charge is -1.99. The molecule has 0 aromatic heterocycles. The Balaban J connectivity index is 2.12. The third-order valence-electron chi connectivity index (χ3n) is 2.53. The molecule has 0 aromatic carbocycles. The first-order valence-electron chi connectivity index (χ1n) is 5.63. The number of carbonyl (C=O) groups is 2. The molecular formula is C12H18O3. The molecule has 1 heterocycles. The fourth-order valence-corrected chi connectivity index (χ4v) is 1.60. The van der Waals surface area contributed by atoms with Crippen molar-refractivity contribution in [1.82, 2.24) is 0 Å². The van der Waals surface area contributed by atoms with Gasteiger partial charge in [0.25, 0.3) is 0 Å². The summed E-state index contributed by atoms with van der Waals surface area (Å²) in [5.74, 6) is -0.921. The van der Waals surface area contributed by atoms with E-state index in [1.165, 1.54) is 12.8 Å². The fraction of sp³-hybridized carbons (Fsp3) is 0.667. The van der Waals surface area contributed by atoms with Crippen LogP contribution in [0, 0.1) is 5.92 Å². The molecule has 0 N–H and O–H groups in total. The zero-order valence-electron chi connectivity index (χ0n) is 9.20. The van der Waals surface area contributed by atoms with Crippen molar-refractivity contribution < 1.29 is 14.3 Å². The van der Waals surface area contributed by atoms with E-state index < -0.39 is 0 Å². The molecule has 1 rings (SSSR count). The highest BCUT2D eigenvalue weighted by molar-refractivity contribution is 5.94. The van der Waals surface area contributed by atoms with Crippen LogP contribution in [0.1, 0.15) is 45.4 Å². The van der Waals surface area contributed by atoms with E-state index in [9.17, 15) is 9.59 Å². The molecular weight excluding hydrogens is 192 g/mol. The zero-order chi connectivity index (χ0) is 11.1. The maximum atomic E-state index is 11.1. The summed E-state index contributed by atoms with van der Waals surface area (Å²) in [6, 6.07) is 0. The van der Waals surface area contributed by atoms with Gasteiger partial charge < -0.3 is 4.74 Å². The normalized spacial score (nSPS) is 21.3. The maximum absolute atomic E-state index is 11.1. The van der Waals surface area contributed by atoms with Gasteiger partial charge in [0.1, 0.15) is 0 Å². The van der Waals surface area contributed by atoms with E-state index in [1.807, 2.05) is 0 Å². The Morgan fingerprint density at radius 1 is 1.33 bits per heavy atom. The Morgan fingerprint density at radius 2 is 2.07 bits per heavy atom. The maximum Gasteiger partial charge on any atom is 0.317 e. The minimum absolute atomic E-state index is 0.201. The molecule has 0 aliphatic carbocycles. The highest BCUT2D eigenvalue weighted by Gasteiger charge is 2.32. The van der Waals surface area contributed by atoms with E-state index in [2.05, 4.69) is 23.8 Å². The van der Waals surface area contributed by atoms with Crippen LogP contribution in [0.5, 0.6) is 0 Å². The minimum Gasteiger partial charge on any atom is -0.393 e. The lowest BCUT2D eigenvalue weighted by atomic mass is 10.0. The van der Waals surface area contributed by atoms with Crippen LogP contribution in [0.3, 0.4) is 0 Å². The summed E-state index contributed by atoms with van der Waals surface area (Å²) in [5, 5.41) is 0. The molecule has 1 aliphatic heterocycles. The topological polar surface area (TPSA) is 43.4 Å². The lowest BCUT2D eigenvalue weighted by molar-refractivity contribution is -0.153. The van der Waals surface area contributed by atoms with E-state index in [4.69, 9.17) is 0 Å². The molecule has 0 amide bonds. The van der Waals surface area contributed by atoms with E-state index >= 15 is 0 Å². The summed E-state index contributed by atoms with van der Waals surface area (Å²) >= 11 is 0. The standard InChI is InChI=1S/C12H18O3/c1-2-3-4-5-6-7-8-10-9-11(13)15-12(10)14/h5-6,10H,2-4,7-9H2,1H3/b6-5+. The Morgan fingerprint density at radius 3 is 2.67 bits per heavy atom. The number of hydrogen-bond donors (Lipinski definition) is 0. The van der Waals surface area contributed by atoms with Crippen molar-refractivity contribution in [1.29, 1.82) is 0 Å². The highest BCUT2D eigenvalue weighted by Crippen LogP contribution is 2.21. The Labute approximate surface area is 90.5 Å². The van der Waals surface area contributed by atoms with E-state index in [0.717, 1.165) is 19.3 Å². The number of rotatable bonds is 6. The quantitative estimate of drug-likeness (QED) is 0.293. The molecule has 1 fully saturated rings. The predicted octanol–water partition coefficient (Wildman–Crippen LogP) is 2.60. The van der Waals surface area contributed by atoms with E-state index in [1.54, 1.807) is 0 Å². The number of ether oxygens (including phenoxy) is 1. The predicted molar refractivity (Wildman–Crippen MR) is 57.1 cm³/mol. The first kappa shape index (κ1) is 12.0. The van der Waals surface area contributed by atoms with Crippen molar-refractivity contribution in [3.8, 4) is 0 Å². The van der Waals surface area contributed by atoms with Gasteiger partial charge in [0.05, 0.1) is 12.3 Å². The molecule has 1 saturated heterocycles. The summed E-state index contributed by atoms with van der Waals surface area (Å²) in [6.07, 6.45) is 9.60. The van der Waals surface area contributed by atoms with Gasteiger partial charge in [-0.15, -0.1) is 0 Å². The number of allylic oxidation sites excluding steroid dienone is 2. The Bertz CT molecular complexity index is 256. The second kappa shape index (κ2) is 6.38. The lowest BCUT2D eigenvalue weighted by Crippen LogP contribution is -2.06. The molecule has 84 valence electrons. The van der Waals surface area contributed by atoms with Crippen LogP contribution in [0.15, 0.2) is 12.2 Å². The molecule has 15 heavy (non-hydrogen) atoms. The third-order valence-corrected chi connectivity index (χ3v) is 2.53. The largest absolute Gasteiger partial charge is 0.393 e. The van der Waals surface area contributed by atoms with Crippen molar-refractivity contribution in [3.63, 3.8) is 0 Å². The van der Waals surface area contributed by atoms with E-state index in [-0.39, 0.29) is 24.3 Å². The molecule has 1 aliphatic rings. The Hall–Kier alpha value is -1.12. The average Bonchev–Trinajstić information content (AvgIpc) is 2.51. The van der Waals surface area contributed by atoms with Gasteiger partial charge in [-0.25, -0.2) is 0 Å². The van der Waals surface area contributed by atoms with E-state index in [0.29, 0.717) is 0 Å². The second-order valence-electron chi connectivity index (χ2n) is 3.89. The fourth-order valence-electron chi connectivity index (χ4n) is 1.60. The number of hydrogen-bond acceptors (Lipinski definition) is 3. The Kier molecular flexibility index (Phi) is 5.08. The monoisotopic (exact) mass is 210 g/mol. The van der Waals surface area contributed by atoms with Gasteiger partial charge >= 0.3 is 11.9 Å². The first-order valence-corrected chi connectivity index (χ1v) is 5.63. The van der Waals surface area contributed by atoms with Gasteiger partial charge in [0.15, 0.2) is 0 Å². The molecule has 3 heteroatoms. The van der Waals surface area contributed by atoms with Crippen molar-refractivity contribution in [2.75, 3.05) is 0 Å². The third kappa shape index (κ3) is 4.28. The molecule has 1 unspecified atom stereocenters. The minimum atomic E-state index is -0.375. The summed E-state index contributed by atoms with van der Waals surface area (Å²) in [4.78, 5) is 21.9. The van der Waals surface area contributed by atoms with Gasteiger partial charge in [-0.05, 0) is 19.3 Å². The molecule has 1 atom stereocenters. The molecule has 0 saturated carbocycles. The van der Waals surface area contributed by atoms with Crippen LogP contribution >= 0.6 is 0 Å².